The molecule has 0 saturated carbocycles. The average Bonchev–Trinajstić information content (AvgIpc) is 3.25. The van der Waals surface area contributed by atoms with E-state index in [9.17, 15) is 19.1 Å². The second-order valence-corrected chi connectivity index (χ2v) is 8.29. The lowest BCUT2D eigenvalue weighted by Gasteiger charge is -2.21. The summed E-state index contributed by atoms with van der Waals surface area (Å²) in [4.78, 5) is 32.2. The zero-order valence-corrected chi connectivity index (χ0v) is 18.8. The van der Waals surface area contributed by atoms with E-state index in [1.54, 1.807) is 19.2 Å². The summed E-state index contributed by atoms with van der Waals surface area (Å²) < 4.78 is 20.8. The molecule has 0 spiro atoms. The van der Waals surface area contributed by atoms with Crippen LogP contribution in [0.25, 0.3) is 16.6 Å². The number of aromatic hydroxyl groups is 1. The predicted octanol–water partition coefficient (Wildman–Crippen LogP) is 4.58. The molecule has 0 saturated heterocycles. The maximum Gasteiger partial charge on any atom is 0.343 e. The van der Waals surface area contributed by atoms with Gasteiger partial charge in [0.05, 0.1) is 35.1 Å². The minimum Gasteiger partial charge on any atom is -0.505 e. The van der Waals surface area contributed by atoms with Gasteiger partial charge in [0.1, 0.15) is 5.56 Å². The number of carbonyl (C=O) groups excluding carboxylic acids is 1. The minimum atomic E-state index is -0.836. The largest absolute Gasteiger partial charge is 0.505 e. The number of pyridine rings is 2. The van der Waals surface area contributed by atoms with Gasteiger partial charge in [-0.1, -0.05) is 17.7 Å². The van der Waals surface area contributed by atoms with Crippen molar-refractivity contribution in [1.29, 1.82) is 0 Å². The average molecular weight is 480 g/mol. The van der Waals surface area contributed by atoms with Gasteiger partial charge in [0.25, 0.3) is 0 Å². The van der Waals surface area contributed by atoms with Gasteiger partial charge >= 0.3 is 5.97 Å². The Labute approximate surface area is 198 Å². The van der Waals surface area contributed by atoms with Crippen LogP contribution < -0.4 is 10.3 Å². The first-order valence-corrected chi connectivity index (χ1v) is 11.0. The maximum absolute atomic E-state index is 14.2. The minimum absolute atomic E-state index is 0.0907. The highest BCUT2D eigenvalue weighted by Gasteiger charge is 2.24. The molecule has 0 unspecified atom stereocenters. The molecule has 0 bridgehead atoms. The van der Waals surface area contributed by atoms with Crippen LogP contribution in [0.15, 0.2) is 59.7 Å². The number of hydrogen-bond acceptors (Lipinski definition) is 6. The Kier molecular flexibility index (Phi) is 5.45. The summed E-state index contributed by atoms with van der Waals surface area (Å²) in [6.45, 7) is 2.86. The van der Waals surface area contributed by atoms with Crippen LogP contribution in [0.1, 0.15) is 28.5 Å². The third-order valence-corrected chi connectivity index (χ3v) is 6.11. The van der Waals surface area contributed by atoms with Crippen molar-refractivity contribution < 1.29 is 19.0 Å². The molecule has 0 radical (unpaired) electrons. The van der Waals surface area contributed by atoms with Gasteiger partial charge < -0.3 is 19.3 Å². The molecule has 0 atom stereocenters. The second-order valence-electron chi connectivity index (χ2n) is 7.88. The molecule has 34 heavy (non-hydrogen) atoms. The number of phenolic OH excluding ortho intramolecular Hbond substituents is 1. The highest BCUT2D eigenvalue weighted by molar-refractivity contribution is 6.34. The lowest BCUT2D eigenvalue weighted by molar-refractivity contribution is 0.0524. The van der Waals surface area contributed by atoms with Crippen LogP contribution in [-0.4, -0.2) is 27.2 Å². The monoisotopic (exact) mass is 479 g/mol. The van der Waals surface area contributed by atoms with E-state index in [0.29, 0.717) is 35.0 Å². The van der Waals surface area contributed by atoms with Crippen molar-refractivity contribution in [3.63, 3.8) is 0 Å². The van der Waals surface area contributed by atoms with Crippen molar-refractivity contribution in [3.05, 3.63) is 92.7 Å². The molecule has 9 heteroatoms. The Morgan fingerprint density at radius 1 is 1.24 bits per heavy atom. The highest BCUT2D eigenvalue weighted by atomic mass is 35.5. The lowest BCUT2D eigenvalue weighted by Crippen LogP contribution is -2.21. The first-order chi connectivity index (χ1) is 16.4. The van der Waals surface area contributed by atoms with E-state index >= 15 is 0 Å². The van der Waals surface area contributed by atoms with Gasteiger partial charge in [-0.25, -0.2) is 9.18 Å². The molecule has 1 N–H and O–H groups in total. The molecule has 172 valence electrons. The van der Waals surface area contributed by atoms with Crippen molar-refractivity contribution in [3.8, 4) is 11.4 Å². The number of anilines is 1. The highest BCUT2D eigenvalue weighted by Crippen LogP contribution is 2.36. The molecular formula is C25H19ClFN3O4. The van der Waals surface area contributed by atoms with Gasteiger partial charge in [-0.3, -0.25) is 9.78 Å². The third kappa shape index (κ3) is 3.66. The molecule has 3 heterocycles. The van der Waals surface area contributed by atoms with Gasteiger partial charge in [0, 0.05) is 36.1 Å². The summed E-state index contributed by atoms with van der Waals surface area (Å²) in [6, 6.07) is 10.9. The Balaban J connectivity index is 1.74. The topological polar surface area (TPSA) is 84.7 Å². The molecule has 4 aromatic rings. The van der Waals surface area contributed by atoms with E-state index < -0.39 is 23.0 Å². The Morgan fingerprint density at radius 2 is 2.06 bits per heavy atom. The van der Waals surface area contributed by atoms with Crippen molar-refractivity contribution in [2.45, 2.75) is 20.0 Å². The van der Waals surface area contributed by atoms with E-state index in [-0.39, 0.29) is 17.6 Å². The van der Waals surface area contributed by atoms with Crippen molar-refractivity contribution in [1.82, 2.24) is 9.55 Å². The lowest BCUT2D eigenvalue weighted by atomic mass is 10.1. The first-order valence-electron chi connectivity index (χ1n) is 10.6. The van der Waals surface area contributed by atoms with E-state index in [2.05, 4.69) is 4.98 Å². The fourth-order valence-electron chi connectivity index (χ4n) is 4.16. The number of ether oxygens (including phenoxy) is 1. The van der Waals surface area contributed by atoms with E-state index in [0.717, 1.165) is 17.3 Å². The number of nitrogens with zero attached hydrogens (tertiary/aromatic N) is 3. The van der Waals surface area contributed by atoms with Crippen LogP contribution in [-0.2, 0) is 17.8 Å². The normalized spacial score (nSPS) is 12.7. The molecule has 7 nitrogen and oxygen atoms in total. The molecule has 2 aromatic carbocycles. The summed E-state index contributed by atoms with van der Waals surface area (Å²) >= 11 is 6.62. The number of phenols is 1. The second kappa shape index (κ2) is 8.46. The Morgan fingerprint density at radius 3 is 2.79 bits per heavy atom. The summed E-state index contributed by atoms with van der Waals surface area (Å²) in [7, 11) is 0. The van der Waals surface area contributed by atoms with E-state index in [4.69, 9.17) is 16.3 Å². The van der Waals surface area contributed by atoms with Gasteiger partial charge in [-0.15, -0.1) is 0 Å². The molecule has 0 fully saturated rings. The molecule has 0 amide bonds. The van der Waals surface area contributed by atoms with Crippen LogP contribution in [0.5, 0.6) is 5.75 Å². The quantitative estimate of drug-likeness (QED) is 0.431. The molecule has 0 aliphatic carbocycles. The smallest absolute Gasteiger partial charge is 0.343 e. The van der Waals surface area contributed by atoms with Crippen molar-refractivity contribution in [2.75, 3.05) is 11.5 Å². The third-order valence-electron chi connectivity index (χ3n) is 5.80. The summed E-state index contributed by atoms with van der Waals surface area (Å²) in [5.41, 5.74) is 2.68. The predicted molar refractivity (Wildman–Crippen MR) is 126 cm³/mol. The van der Waals surface area contributed by atoms with Gasteiger partial charge in [-0.05, 0) is 42.8 Å². The number of hydrogen-bond donors (Lipinski definition) is 1. The first kappa shape index (κ1) is 21.9. The van der Waals surface area contributed by atoms with Crippen molar-refractivity contribution in [2.24, 2.45) is 0 Å². The molecule has 2 aromatic heterocycles. The van der Waals surface area contributed by atoms with Gasteiger partial charge in [-0.2, -0.15) is 0 Å². The van der Waals surface area contributed by atoms with Crippen LogP contribution in [0.4, 0.5) is 10.1 Å². The summed E-state index contributed by atoms with van der Waals surface area (Å²) in [6.07, 6.45) is 3.06. The molecule has 1 aliphatic rings. The molecular weight excluding hydrogens is 461 g/mol. The van der Waals surface area contributed by atoms with E-state index in [1.165, 1.54) is 29.0 Å². The molecule has 5 rings (SSSR count). The number of fused-ring (bicyclic) bond motifs is 2. The number of benzene rings is 2. The van der Waals surface area contributed by atoms with Crippen LogP contribution >= 0.6 is 11.6 Å². The number of carbonyl (C=O) groups is 1. The Hall–Kier alpha value is -3.91. The molecule has 1 aliphatic heterocycles. The van der Waals surface area contributed by atoms with Crippen LogP contribution in [0, 0.1) is 5.82 Å². The van der Waals surface area contributed by atoms with Crippen LogP contribution in [0.2, 0.25) is 5.02 Å². The van der Waals surface area contributed by atoms with Crippen molar-refractivity contribution >= 4 is 34.2 Å². The summed E-state index contributed by atoms with van der Waals surface area (Å²) in [5.74, 6) is -2.13. The van der Waals surface area contributed by atoms with Crippen LogP contribution in [0.3, 0.4) is 0 Å². The number of esters is 1. The number of rotatable bonds is 4. The standard InChI is InChI=1S/C25H19ClFN3O4/c1-2-34-25(33)17-12-30(15-5-6-23(31)19(27)8-15)21-10-22(18(26)9-16(21)24(17)32)29-11-14-4-3-7-28-20(14)13-29/h3-10,12,31H,2,11,13H2,1H3. The Bertz CT molecular complexity index is 1490. The number of halogens is 2. The van der Waals surface area contributed by atoms with Gasteiger partial charge in [0.2, 0.25) is 5.43 Å². The fraction of sp³-hybridized carbons (Fsp3) is 0.160. The summed E-state index contributed by atoms with van der Waals surface area (Å²) in [5, 5.41) is 10.2. The number of aromatic nitrogens is 2. The van der Waals surface area contributed by atoms with Gasteiger partial charge in [0.15, 0.2) is 11.6 Å². The fourth-order valence-corrected chi connectivity index (χ4v) is 4.44. The zero-order chi connectivity index (χ0) is 24.0. The van der Waals surface area contributed by atoms with E-state index in [1.807, 2.05) is 17.0 Å². The zero-order valence-electron chi connectivity index (χ0n) is 18.1. The maximum atomic E-state index is 14.2. The SMILES string of the molecule is CCOC(=O)c1cn(-c2ccc(O)c(F)c2)c2cc(N3Cc4cccnc4C3)c(Cl)cc2c1=O.